The predicted molar refractivity (Wildman–Crippen MR) is 120 cm³/mol. The standard InChI is InChI=1S/C25H24BrNO/c1-19(12-13-20-8-4-2-5-9-20)24(22-14-16-23(26)17-15-22)25(28)27-18-21-10-6-3-7-11-21/h2-17,19,24H,18H2,1H3,(H,27,28)/b13-12+/t19-,24-/m0/s1. The topological polar surface area (TPSA) is 29.1 Å². The predicted octanol–water partition coefficient (Wildman–Crippen LogP) is 6.20. The molecule has 2 atom stereocenters. The lowest BCUT2D eigenvalue weighted by Crippen LogP contribution is -2.32. The third kappa shape index (κ3) is 5.67. The Morgan fingerprint density at radius 1 is 0.929 bits per heavy atom. The molecule has 0 aromatic heterocycles. The highest BCUT2D eigenvalue weighted by Crippen LogP contribution is 2.28. The summed E-state index contributed by atoms with van der Waals surface area (Å²) in [6.45, 7) is 2.62. The average molecular weight is 434 g/mol. The van der Waals surface area contributed by atoms with Crippen LogP contribution < -0.4 is 5.32 Å². The maximum Gasteiger partial charge on any atom is 0.228 e. The van der Waals surface area contributed by atoms with Gasteiger partial charge in [0.2, 0.25) is 5.91 Å². The van der Waals surface area contributed by atoms with Gasteiger partial charge in [0.05, 0.1) is 5.92 Å². The molecular formula is C25H24BrNO. The molecule has 1 amide bonds. The Morgan fingerprint density at radius 3 is 2.18 bits per heavy atom. The lowest BCUT2D eigenvalue weighted by Gasteiger charge is -2.22. The van der Waals surface area contributed by atoms with E-state index in [-0.39, 0.29) is 17.7 Å². The molecule has 3 aromatic rings. The Balaban J connectivity index is 1.78. The molecular weight excluding hydrogens is 410 g/mol. The number of amides is 1. The molecule has 0 aliphatic carbocycles. The van der Waals surface area contributed by atoms with E-state index >= 15 is 0 Å². The van der Waals surface area contributed by atoms with Crippen molar-refractivity contribution < 1.29 is 4.79 Å². The summed E-state index contributed by atoms with van der Waals surface area (Å²) in [6.07, 6.45) is 4.20. The second kappa shape index (κ2) is 10.0. The van der Waals surface area contributed by atoms with E-state index < -0.39 is 0 Å². The first kappa shape index (κ1) is 20.1. The van der Waals surface area contributed by atoms with Crippen LogP contribution >= 0.6 is 15.9 Å². The third-order valence-electron chi connectivity index (χ3n) is 4.74. The zero-order valence-corrected chi connectivity index (χ0v) is 17.5. The van der Waals surface area contributed by atoms with Crippen molar-refractivity contribution in [2.45, 2.75) is 19.4 Å². The molecule has 1 N–H and O–H groups in total. The van der Waals surface area contributed by atoms with Gasteiger partial charge in [0.15, 0.2) is 0 Å². The number of allylic oxidation sites excluding steroid dienone is 1. The zero-order valence-electron chi connectivity index (χ0n) is 15.9. The van der Waals surface area contributed by atoms with E-state index in [4.69, 9.17) is 0 Å². The van der Waals surface area contributed by atoms with Crippen molar-refractivity contribution in [1.29, 1.82) is 0 Å². The van der Waals surface area contributed by atoms with Crippen LogP contribution in [-0.2, 0) is 11.3 Å². The van der Waals surface area contributed by atoms with Gasteiger partial charge in [-0.25, -0.2) is 0 Å². The minimum Gasteiger partial charge on any atom is -0.351 e. The van der Waals surface area contributed by atoms with Crippen LogP contribution in [0.5, 0.6) is 0 Å². The summed E-state index contributed by atoms with van der Waals surface area (Å²) in [5.74, 6) is -0.162. The fourth-order valence-corrected chi connectivity index (χ4v) is 3.46. The lowest BCUT2D eigenvalue weighted by molar-refractivity contribution is -0.123. The number of rotatable bonds is 7. The van der Waals surface area contributed by atoms with Gasteiger partial charge in [-0.2, -0.15) is 0 Å². The molecule has 0 fully saturated rings. The van der Waals surface area contributed by atoms with Crippen molar-refractivity contribution in [1.82, 2.24) is 5.32 Å². The van der Waals surface area contributed by atoms with Crippen molar-refractivity contribution in [2.24, 2.45) is 5.92 Å². The molecule has 0 aliphatic heterocycles. The van der Waals surface area contributed by atoms with E-state index in [1.54, 1.807) is 0 Å². The molecule has 142 valence electrons. The highest BCUT2D eigenvalue weighted by Gasteiger charge is 2.25. The van der Waals surface area contributed by atoms with Gasteiger partial charge in [0.1, 0.15) is 0 Å². The normalized spacial score (nSPS) is 13.2. The minimum absolute atomic E-state index is 0.0383. The first-order valence-corrected chi connectivity index (χ1v) is 10.2. The van der Waals surface area contributed by atoms with E-state index in [9.17, 15) is 4.79 Å². The van der Waals surface area contributed by atoms with Crippen LogP contribution in [0.4, 0.5) is 0 Å². The fraction of sp³-hybridized carbons (Fsp3) is 0.160. The van der Waals surface area contributed by atoms with Gasteiger partial charge in [0.25, 0.3) is 0 Å². The Kier molecular flexibility index (Phi) is 7.21. The van der Waals surface area contributed by atoms with Crippen LogP contribution in [0.25, 0.3) is 6.08 Å². The summed E-state index contributed by atoms with van der Waals surface area (Å²) in [7, 11) is 0. The smallest absolute Gasteiger partial charge is 0.228 e. The molecule has 0 heterocycles. The Morgan fingerprint density at radius 2 is 1.54 bits per heavy atom. The summed E-state index contributed by atoms with van der Waals surface area (Å²) >= 11 is 3.48. The van der Waals surface area contributed by atoms with Gasteiger partial charge in [-0.3, -0.25) is 4.79 Å². The first-order valence-electron chi connectivity index (χ1n) is 9.44. The molecule has 28 heavy (non-hydrogen) atoms. The monoisotopic (exact) mass is 433 g/mol. The maximum atomic E-state index is 13.1. The summed E-state index contributed by atoms with van der Waals surface area (Å²) in [5.41, 5.74) is 3.24. The molecule has 0 bridgehead atoms. The molecule has 0 saturated carbocycles. The largest absolute Gasteiger partial charge is 0.351 e. The summed E-state index contributed by atoms with van der Waals surface area (Å²) in [4.78, 5) is 13.1. The zero-order chi connectivity index (χ0) is 19.8. The van der Waals surface area contributed by atoms with E-state index in [0.717, 1.165) is 21.2 Å². The second-order valence-corrected chi connectivity index (χ2v) is 7.78. The Bertz CT molecular complexity index is 904. The first-order chi connectivity index (χ1) is 13.6. The van der Waals surface area contributed by atoms with Crippen LogP contribution in [0, 0.1) is 5.92 Å². The molecule has 3 aromatic carbocycles. The van der Waals surface area contributed by atoms with Crippen molar-refractivity contribution in [3.8, 4) is 0 Å². The van der Waals surface area contributed by atoms with Gasteiger partial charge in [-0.05, 0) is 34.7 Å². The lowest BCUT2D eigenvalue weighted by atomic mass is 9.85. The summed E-state index contributed by atoms with van der Waals surface area (Å²) in [5, 5.41) is 3.11. The van der Waals surface area contributed by atoms with Gasteiger partial charge in [-0.1, -0.05) is 108 Å². The molecule has 0 spiro atoms. The van der Waals surface area contributed by atoms with Crippen LogP contribution in [-0.4, -0.2) is 5.91 Å². The van der Waals surface area contributed by atoms with Crippen molar-refractivity contribution >= 4 is 27.9 Å². The van der Waals surface area contributed by atoms with E-state index in [0.29, 0.717) is 6.54 Å². The molecule has 0 aliphatic rings. The van der Waals surface area contributed by atoms with Crippen molar-refractivity contribution in [3.05, 3.63) is 112 Å². The van der Waals surface area contributed by atoms with E-state index in [1.807, 2.05) is 72.8 Å². The Hall–Kier alpha value is -2.65. The molecule has 0 saturated heterocycles. The van der Waals surface area contributed by atoms with Crippen molar-refractivity contribution in [2.75, 3.05) is 0 Å². The van der Waals surface area contributed by atoms with Gasteiger partial charge in [0, 0.05) is 11.0 Å². The highest BCUT2D eigenvalue weighted by molar-refractivity contribution is 9.10. The van der Waals surface area contributed by atoms with Gasteiger partial charge < -0.3 is 5.32 Å². The molecule has 0 unspecified atom stereocenters. The second-order valence-electron chi connectivity index (χ2n) is 6.86. The maximum absolute atomic E-state index is 13.1. The van der Waals surface area contributed by atoms with Crippen LogP contribution in [0.15, 0.2) is 95.5 Å². The number of carbonyl (C=O) groups excluding carboxylic acids is 1. The van der Waals surface area contributed by atoms with Crippen molar-refractivity contribution in [3.63, 3.8) is 0 Å². The number of benzene rings is 3. The number of hydrogen-bond donors (Lipinski definition) is 1. The molecule has 2 nitrogen and oxygen atoms in total. The van der Waals surface area contributed by atoms with E-state index in [2.05, 4.69) is 52.5 Å². The molecule has 3 rings (SSSR count). The quantitative estimate of drug-likeness (QED) is 0.472. The van der Waals surface area contributed by atoms with Gasteiger partial charge >= 0.3 is 0 Å². The number of halogens is 1. The highest BCUT2D eigenvalue weighted by atomic mass is 79.9. The SMILES string of the molecule is C[C@@H](/C=C/c1ccccc1)[C@H](C(=O)NCc1ccccc1)c1ccc(Br)cc1. The van der Waals surface area contributed by atoms with Crippen LogP contribution in [0.1, 0.15) is 29.5 Å². The third-order valence-corrected chi connectivity index (χ3v) is 5.27. The fourth-order valence-electron chi connectivity index (χ4n) is 3.20. The molecule has 0 radical (unpaired) electrons. The number of carbonyl (C=O) groups is 1. The minimum atomic E-state index is -0.253. The summed E-state index contributed by atoms with van der Waals surface area (Å²) < 4.78 is 1.01. The average Bonchev–Trinajstić information content (AvgIpc) is 2.74. The van der Waals surface area contributed by atoms with Crippen LogP contribution in [0.3, 0.4) is 0 Å². The Labute approximate surface area is 175 Å². The number of nitrogens with one attached hydrogen (secondary N) is 1. The van der Waals surface area contributed by atoms with Gasteiger partial charge in [-0.15, -0.1) is 0 Å². The number of hydrogen-bond acceptors (Lipinski definition) is 1. The molecule has 3 heteroatoms. The van der Waals surface area contributed by atoms with Crippen LogP contribution in [0.2, 0.25) is 0 Å². The summed E-state index contributed by atoms with van der Waals surface area (Å²) in [6, 6.07) is 28.2. The van der Waals surface area contributed by atoms with E-state index in [1.165, 1.54) is 0 Å².